The van der Waals surface area contributed by atoms with Crippen molar-refractivity contribution in [3.8, 4) is 11.3 Å². The van der Waals surface area contributed by atoms with Crippen LogP contribution < -0.4 is 10.6 Å². The number of nitrogens with two attached hydrogens (primary N) is 1. The Hall–Kier alpha value is -3.32. The van der Waals surface area contributed by atoms with E-state index in [1.165, 1.54) is 12.1 Å². The van der Waals surface area contributed by atoms with Gasteiger partial charge in [0.1, 0.15) is 17.2 Å². The summed E-state index contributed by atoms with van der Waals surface area (Å²) in [5.41, 5.74) is 11.0. The number of hydrogen-bond acceptors (Lipinski definition) is 4. The molecular weight excluding hydrogens is 420 g/mol. The van der Waals surface area contributed by atoms with Gasteiger partial charge < -0.3 is 10.6 Å². The highest BCUT2D eigenvalue weighted by atomic mass is 19.1. The zero-order valence-electron chi connectivity index (χ0n) is 18.4. The first-order valence-corrected chi connectivity index (χ1v) is 11.4. The summed E-state index contributed by atoms with van der Waals surface area (Å²) in [4.78, 5) is 7.17. The molecule has 0 unspecified atom stereocenters. The number of aryl methyl sites for hydroxylation is 1. The SMILES string of the molecule is Cc1nc(N2CCC3(CC2)Cc2c(F)cccc2[C@H]3N)c2ccnn2c1-c1ccccc1F. The van der Waals surface area contributed by atoms with E-state index >= 15 is 0 Å². The fourth-order valence-corrected chi connectivity index (χ4v) is 5.76. The van der Waals surface area contributed by atoms with E-state index < -0.39 is 0 Å². The van der Waals surface area contributed by atoms with Crippen LogP contribution in [0.5, 0.6) is 0 Å². The van der Waals surface area contributed by atoms with E-state index in [9.17, 15) is 8.78 Å². The van der Waals surface area contributed by atoms with Gasteiger partial charge >= 0.3 is 0 Å². The Morgan fingerprint density at radius 1 is 1.00 bits per heavy atom. The molecule has 5 nitrogen and oxygen atoms in total. The van der Waals surface area contributed by atoms with Gasteiger partial charge in [0, 0.05) is 24.7 Å². The van der Waals surface area contributed by atoms with Gasteiger partial charge in [-0.3, -0.25) is 0 Å². The van der Waals surface area contributed by atoms with Gasteiger partial charge in [-0.1, -0.05) is 24.3 Å². The molecule has 0 bridgehead atoms. The second kappa shape index (κ2) is 7.35. The highest BCUT2D eigenvalue weighted by molar-refractivity contribution is 5.75. The Balaban J connectivity index is 1.33. The van der Waals surface area contributed by atoms with Crippen molar-refractivity contribution in [2.24, 2.45) is 11.1 Å². The van der Waals surface area contributed by atoms with Crippen molar-refractivity contribution in [1.82, 2.24) is 14.6 Å². The summed E-state index contributed by atoms with van der Waals surface area (Å²) in [6, 6.07) is 13.7. The fourth-order valence-electron chi connectivity index (χ4n) is 5.76. The molecule has 2 N–H and O–H groups in total. The standard InChI is InChI=1S/C26H25F2N5/c1-16-23(18-5-2-3-7-20(18)27)33-22(9-12-30-33)25(31-16)32-13-10-26(11-14-32)15-19-17(24(26)29)6-4-8-21(19)28/h2-9,12,24H,10-11,13-15,29H2,1H3/t24-/m1/s1. The summed E-state index contributed by atoms with van der Waals surface area (Å²) in [5, 5.41) is 4.49. The monoisotopic (exact) mass is 445 g/mol. The molecule has 1 saturated heterocycles. The normalized spacial score (nSPS) is 19.4. The third-order valence-corrected chi connectivity index (χ3v) is 7.57. The third-order valence-electron chi connectivity index (χ3n) is 7.57. The van der Waals surface area contributed by atoms with Crippen molar-refractivity contribution in [2.45, 2.75) is 32.2 Å². The quantitative estimate of drug-likeness (QED) is 0.480. The summed E-state index contributed by atoms with van der Waals surface area (Å²) in [7, 11) is 0. The number of piperidine rings is 1. The average Bonchev–Trinajstić information content (AvgIpc) is 3.40. The Labute approximate surface area is 190 Å². The molecule has 0 radical (unpaired) electrons. The fraction of sp³-hybridized carbons (Fsp3) is 0.308. The predicted octanol–water partition coefficient (Wildman–Crippen LogP) is 4.83. The molecule has 6 rings (SSSR count). The lowest BCUT2D eigenvalue weighted by atomic mass is 9.73. The van der Waals surface area contributed by atoms with Crippen LogP contribution in [0.1, 0.15) is 35.7 Å². The number of rotatable bonds is 2. The van der Waals surface area contributed by atoms with Crippen molar-refractivity contribution in [1.29, 1.82) is 0 Å². The molecule has 3 heterocycles. The van der Waals surface area contributed by atoms with E-state index in [-0.39, 0.29) is 23.1 Å². The van der Waals surface area contributed by atoms with Gasteiger partial charge in [-0.05, 0) is 67.0 Å². The lowest BCUT2D eigenvalue weighted by Crippen LogP contribution is -2.44. The van der Waals surface area contributed by atoms with Crippen LogP contribution in [-0.4, -0.2) is 27.7 Å². The van der Waals surface area contributed by atoms with E-state index in [4.69, 9.17) is 10.7 Å². The summed E-state index contributed by atoms with van der Waals surface area (Å²) in [6.45, 7) is 3.44. The first-order valence-electron chi connectivity index (χ1n) is 11.4. The Bertz CT molecular complexity index is 1370. The molecular formula is C26H25F2N5. The first kappa shape index (κ1) is 20.3. The molecule has 1 spiro atoms. The highest BCUT2D eigenvalue weighted by Crippen LogP contribution is 2.51. The summed E-state index contributed by atoms with van der Waals surface area (Å²) < 4.78 is 30.8. The van der Waals surface area contributed by atoms with Gasteiger partial charge in [-0.2, -0.15) is 5.10 Å². The Morgan fingerprint density at radius 2 is 1.76 bits per heavy atom. The minimum absolute atomic E-state index is 0.125. The highest BCUT2D eigenvalue weighted by Gasteiger charge is 2.47. The van der Waals surface area contributed by atoms with Crippen LogP contribution in [0.15, 0.2) is 54.7 Å². The molecule has 168 valence electrons. The van der Waals surface area contributed by atoms with Gasteiger partial charge in [0.15, 0.2) is 5.82 Å². The molecule has 1 fully saturated rings. The van der Waals surface area contributed by atoms with Crippen LogP contribution in [0.2, 0.25) is 0 Å². The van der Waals surface area contributed by atoms with Gasteiger partial charge in [0.2, 0.25) is 0 Å². The van der Waals surface area contributed by atoms with Crippen LogP contribution in [-0.2, 0) is 6.42 Å². The molecule has 0 amide bonds. The lowest BCUT2D eigenvalue weighted by molar-refractivity contribution is 0.186. The molecule has 0 saturated carbocycles. The average molecular weight is 446 g/mol. The zero-order chi connectivity index (χ0) is 22.7. The lowest BCUT2D eigenvalue weighted by Gasteiger charge is -2.42. The molecule has 2 aromatic heterocycles. The van der Waals surface area contributed by atoms with Crippen LogP contribution in [0.4, 0.5) is 14.6 Å². The molecule has 33 heavy (non-hydrogen) atoms. The van der Waals surface area contributed by atoms with E-state index in [0.717, 1.165) is 54.1 Å². The van der Waals surface area contributed by atoms with Gasteiger partial charge in [0.05, 0.1) is 17.6 Å². The van der Waals surface area contributed by atoms with Gasteiger partial charge in [-0.15, -0.1) is 0 Å². The van der Waals surface area contributed by atoms with Crippen molar-refractivity contribution < 1.29 is 8.78 Å². The maximum atomic E-state index is 14.6. The minimum atomic E-state index is -0.297. The number of hydrogen-bond donors (Lipinski definition) is 1. The Kier molecular flexibility index (Phi) is 4.52. The third kappa shape index (κ3) is 2.99. The molecule has 4 aromatic rings. The molecule has 1 aliphatic heterocycles. The molecule has 2 aromatic carbocycles. The largest absolute Gasteiger partial charge is 0.355 e. The number of fused-ring (bicyclic) bond motifs is 2. The second-order valence-electron chi connectivity index (χ2n) is 9.29. The van der Waals surface area contributed by atoms with Crippen LogP contribution in [0.25, 0.3) is 16.8 Å². The molecule has 1 atom stereocenters. The van der Waals surface area contributed by atoms with Crippen molar-refractivity contribution in [3.63, 3.8) is 0 Å². The number of halogens is 2. The van der Waals surface area contributed by atoms with E-state index in [1.807, 2.05) is 25.1 Å². The van der Waals surface area contributed by atoms with E-state index in [1.54, 1.807) is 28.9 Å². The number of benzene rings is 2. The summed E-state index contributed by atoms with van der Waals surface area (Å²) in [5.74, 6) is 0.397. The Morgan fingerprint density at radius 3 is 2.52 bits per heavy atom. The first-order chi connectivity index (χ1) is 16.0. The molecule has 7 heteroatoms. The van der Waals surface area contributed by atoms with Crippen molar-refractivity contribution in [3.05, 3.63) is 83.2 Å². The molecule has 1 aliphatic carbocycles. The van der Waals surface area contributed by atoms with Crippen molar-refractivity contribution >= 4 is 11.3 Å². The van der Waals surface area contributed by atoms with Crippen LogP contribution in [0, 0.1) is 24.0 Å². The summed E-state index contributed by atoms with van der Waals surface area (Å²) >= 11 is 0. The van der Waals surface area contributed by atoms with Gasteiger partial charge in [0.25, 0.3) is 0 Å². The zero-order valence-corrected chi connectivity index (χ0v) is 18.4. The van der Waals surface area contributed by atoms with E-state index in [0.29, 0.717) is 17.7 Å². The maximum absolute atomic E-state index is 14.6. The predicted molar refractivity (Wildman–Crippen MR) is 124 cm³/mol. The summed E-state index contributed by atoms with van der Waals surface area (Å²) in [6.07, 6.45) is 4.13. The number of anilines is 1. The van der Waals surface area contributed by atoms with Crippen LogP contribution in [0.3, 0.4) is 0 Å². The number of aromatic nitrogens is 3. The minimum Gasteiger partial charge on any atom is -0.355 e. The second-order valence-corrected chi connectivity index (χ2v) is 9.29. The van der Waals surface area contributed by atoms with Crippen LogP contribution >= 0.6 is 0 Å². The van der Waals surface area contributed by atoms with Crippen molar-refractivity contribution in [2.75, 3.05) is 18.0 Å². The maximum Gasteiger partial charge on any atom is 0.155 e. The number of nitrogens with zero attached hydrogens (tertiary/aromatic N) is 4. The smallest absolute Gasteiger partial charge is 0.155 e. The van der Waals surface area contributed by atoms with Gasteiger partial charge in [-0.25, -0.2) is 18.3 Å². The molecule has 2 aliphatic rings. The topological polar surface area (TPSA) is 59.5 Å². The van der Waals surface area contributed by atoms with E-state index in [2.05, 4.69) is 10.00 Å².